The minimum Gasteiger partial charge on any atom is -0.292 e. The van der Waals surface area contributed by atoms with Gasteiger partial charge in [0.1, 0.15) is 5.82 Å². The van der Waals surface area contributed by atoms with E-state index in [1.54, 1.807) is 0 Å². The summed E-state index contributed by atoms with van der Waals surface area (Å²) in [6.45, 7) is 4.34. The Balaban J connectivity index is 1.79. The third-order valence-corrected chi connectivity index (χ3v) is 6.95. The molecule has 0 N–H and O–H groups in total. The molecule has 0 spiro atoms. The second-order valence-corrected chi connectivity index (χ2v) is 9.37. The molecule has 0 fully saturated rings. The summed E-state index contributed by atoms with van der Waals surface area (Å²) in [5, 5.41) is 2.37. The fourth-order valence-corrected chi connectivity index (χ4v) is 5.03. The van der Waals surface area contributed by atoms with Gasteiger partial charge >= 0.3 is 0 Å². The first-order valence-corrected chi connectivity index (χ1v) is 12.7. The van der Waals surface area contributed by atoms with Gasteiger partial charge in [-0.3, -0.25) is 4.57 Å². The lowest BCUT2D eigenvalue weighted by Gasteiger charge is -2.14. The molecule has 37 heavy (non-hydrogen) atoms. The molecule has 2 nitrogen and oxygen atoms in total. The van der Waals surface area contributed by atoms with E-state index in [0.717, 1.165) is 33.7 Å². The van der Waals surface area contributed by atoms with Crippen LogP contribution in [0.4, 0.5) is 0 Å². The Labute approximate surface area is 217 Å². The number of benzene rings is 5. The molecule has 0 unspecified atom stereocenters. The Bertz CT molecular complexity index is 1810. The maximum absolute atomic E-state index is 5.24. The predicted octanol–water partition coefficient (Wildman–Crippen LogP) is 6.80. The second-order valence-electron chi connectivity index (χ2n) is 9.37. The highest BCUT2D eigenvalue weighted by atomic mass is 15.1. The van der Waals surface area contributed by atoms with Crippen LogP contribution < -0.4 is 10.4 Å². The van der Waals surface area contributed by atoms with Crippen LogP contribution in [0.5, 0.6) is 0 Å². The van der Waals surface area contributed by atoms with Gasteiger partial charge in [0.15, 0.2) is 0 Å². The van der Waals surface area contributed by atoms with E-state index >= 15 is 0 Å². The summed E-state index contributed by atoms with van der Waals surface area (Å²) in [5.74, 6) is 0.933. The summed E-state index contributed by atoms with van der Waals surface area (Å²) >= 11 is 0. The van der Waals surface area contributed by atoms with Crippen molar-refractivity contribution in [1.82, 2.24) is 9.55 Å². The number of nitrogens with zero attached hydrogens (tertiary/aromatic N) is 2. The highest BCUT2D eigenvalue weighted by Crippen LogP contribution is 2.28. The molecule has 0 saturated carbocycles. The smallest absolute Gasteiger partial charge is 0.146 e. The van der Waals surface area contributed by atoms with Crippen molar-refractivity contribution in [1.29, 1.82) is 0 Å². The predicted molar refractivity (Wildman–Crippen MR) is 154 cm³/mol. The van der Waals surface area contributed by atoms with E-state index in [1.165, 1.54) is 27.1 Å². The van der Waals surface area contributed by atoms with Crippen molar-refractivity contribution >= 4 is 22.2 Å². The Morgan fingerprint density at radius 2 is 1.16 bits per heavy atom. The van der Waals surface area contributed by atoms with Crippen LogP contribution in [-0.4, -0.2) is 9.55 Å². The van der Waals surface area contributed by atoms with Gasteiger partial charge in [-0.15, -0.1) is 0 Å². The SMILES string of the molecule is C/C(c1ccc(C)cc1)=c1/cccc/c1=C(/c1ccccc1)c1nc2ccccc2n1-c1ccccc1. The van der Waals surface area contributed by atoms with Gasteiger partial charge in [0.2, 0.25) is 0 Å². The first kappa shape index (κ1) is 22.8. The maximum atomic E-state index is 5.24. The molecule has 0 aliphatic heterocycles. The monoisotopic (exact) mass is 476 g/mol. The van der Waals surface area contributed by atoms with Crippen LogP contribution >= 0.6 is 0 Å². The number of para-hydroxylation sites is 3. The number of hydrogen-bond acceptors (Lipinski definition) is 1. The maximum Gasteiger partial charge on any atom is 0.146 e. The normalized spacial score (nSPS) is 12.9. The van der Waals surface area contributed by atoms with Crippen molar-refractivity contribution in [2.24, 2.45) is 0 Å². The van der Waals surface area contributed by atoms with Crippen molar-refractivity contribution in [3.05, 3.63) is 166 Å². The molecule has 6 aromatic rings. The van der Waals surface area contributed by atoms with E-state index in [0.29, 0.717) is 0 Å². The zero-order valence-electron chi connectivity index (χ0n) is 21.1. The van der Waals surface area contributed by atoms with Crippen LogP contribution in [0.3, 0.4) is 0 Å². The second kappa shape index (κ2) is 9.75. The number of hydrogen-bond donors (Lipinski definition) is 0. The Morgan fingerprint density at radius 1 is 0.568 bits per heavy atom. The first-order chi connectivity index (χ1) is 18.2. The number of rotatable bonds is 4. The van der Waals surface area contributed by atoms with Gasteiger partial charge in [0, 0.05) is 11.3 Å². The molecule has 2 heteroatoms. The van der Waals surface area contributed by atoms with Crippen molar-refractivity contribution < 1.29 is 0 Å². The highest BCUT2D eigenvalue weighted by Gasteiger charge is 2.18. The lowest BCUT2D eigenvalue weighted by molar-refractivity contribution is 1.05. The van der Waals surface area contributed by atoms with Gasteiger partial charge in [-0.2, -0.15) is 0 Å². The Hall–Kier alpha value is -4.69. The lowest BCUT2D eigenvalue weighted by atomic mass is 9.97. The van der Waals surface area contributed by atoms with Gasteiger partial charge < -0.3 is 0 Å². The summed E-state index contributed by atoms with van der Waals surface area (Å²) in [6, 6.07) is 47.0. The highest BCUT2D eigenvalue weighted by molar-refractivity contribution is 5.86. The molecular formula is C35H28N2. The van der Waals surface area contributed by atoms with E-state index in [-0.39, 0.29) is 0 Å². The molecule has 1 aromatic heterocycles. The molecule has 0 aliphatic rings. The van der Waals surface area contributed by atoms with Gasteiger partial charge in [0.25, 0.3) is 0 Å². The van der Waals surface area contributed by atoms with E-state index in [2.05, 4.69) is 152 Å². The zero-order chi connectivity index (χ0) is 25.2. The molecule has 5 aromatic carbocycles. The van der Waals surface area contributed by atoms with Crippen LogP contribution in [0.15, 0.2) is 133 Å². The molecule has 0 amide bonds. The molecule has 0 radical (unpaired) electrons. The molecule has 1 heterocycles. The fraction of sp³-hybridized carbons (Fsp3) is 0.0571. The average Bonchev–Trinajstić information content (AvgIpc) is 3.33. The summed E-state index contributed by atoms with van der Waals surface area (Å²) in [6.07, 6.45) is 0. The Kier molecular flexibility index (Phi) is 6.00. The summed E-state index contributed by atoms with van der Waals surface area (Å²) in [4.78, 5) is 5.24. The molecule has 0 aliphatic carbocycles. The molecule has 0 atom stereocenters. The van der Waals surface area contributed by atoms with Gasteiger partial charge in [0.05, 0.1) is 11.0 Å². The van der Waals surface area contributed by atoms with Gasteiger partial charge in [-0.25, -0.2) is 4.98 Å². The van der Waals surface area contributed by atoms with E-state index < -0.39 is 0 Å². The molecule has 0 saturated heterocycles. The number of aryl methyl sites for hydroxylation is 1. The van der Waals surface area contributed by atoms with Crippen LogP contribution in [0.2, 0.25) is 0 Å². The lowest BCUT2D eigenvalue weighted by Crippen LogP contribution is -2.30. The fourth-order valence-electron chi connectivity index (χ4n) is 5.03. The zero-order valence-corrected chi connectivity index (χ0v) is 21.1. The van der Waals surface area contributed by atoms with Crippen LogP contribution in [-0.2, 0) is 0 Å². The molecule has 178 valence electrons. The standard InChI is InChI=1S/C35H28N2/c1-25-21-23-27(24-22-25)26(2)30-17-9-10-18-31(30)34(28-13-5-3-6-14-28)35-36-32-19-11-12-20-33(32)37(35)29-15-7-4-8-16-29/h3-24H,1-2H3/b30-26+,34-31+. The first-order valence-electron chi connectivity index (χ1n) is 12.7. The van der Waals surface area contributed by atoms with E-state index in [4.69, 9.17) is 4.98 Å². The number of imidazole rings is 1. The third-order valence-electron chi connectivity index (χ3n) is 6.95. The molecule has 6 rings (SSSR count). The van der Waals surface area contributed by atoms with Crippen LogP contribution in [0.25, 0.3) is 27.9 Å². The minimum absolute atomic E-state index is 0.933. The topological polar surface area (TPSA) is 17.8 Å². The third kappa shape index (κ3) is 4.28. The van der Waals surface area contributed by atoms with E-state index in [9.17, 15) is 0 Å². The quantitative estimate of drug-likeness (QED) is 0.274. The minimum atomic E-state index is 0.933. The molecule has 0 bridgehead atoms. The molecular weight excluding hydrogens is 448 g/mol. The largest absolute Gasteiger partial charge is 0.292 e. The van der Waals surface area contributed by atoms with Crippen molar-refractivity contribution in [3.8, 4) is 5.69 Å². The Morgan fingerprint density at radius 3 is 1.89 bits per heavy atom. The van der Waals surface area contributed by atoms with Gasteiger partial charge in [-0.05, 0) is 65.3 Å². The summed E-state index contributed by atoms with van der Waals surface area (Å²) < 4.78 is 2.29. The average molecular weight is 477 g/mol. The van der Waals surface area contributed by atoms with Crippen molar-refractivity contribution in [2.45, 2.75) is 13.8 Å². The number of aromatic nitrogens is 2. The summed E-state index contributed by atoms with van der Waals surface area (Å²) in [5.41, 5.74) is 9.14. The van der Waals surface area contributed by atoms with Crippen LogP contribution in [0.1, 0.15) is 29.4 Å². The van der Waals surface area contributed by atoms with Crippen LogP contribution in [0, 0.1) is 6.92 Å². The van der Waals surface area contributed by atoms with Gasteiger partial charge in [-0.1, -0.05) is 115 Å². The van der Waals surface area contributed by atoms with Crippen molar-refractivity contribution in [3.63, 3.8) is 0 Å². The van der Waals surface area contributed by atoms with E-state index in [1.807, 2.05) is 0 Å². The van der Waals surface area contributed by atoms with Crippen molar-refractivity contribution in [2.75, 3.05) is 0 Å². The number of fused-ring (bicyclic) bond motifs is 1. The summed E-state index contributed by atoms with van der Waals surface area (Å²) in [7, 11) is 0.